The van der Waals surface area contributed by atoms with E-state index in [1.807, 2.05) is 48.5 Å². The molecule has 4 aromatic rings. The molecule has 2 aromatic carbocycles. The number of thiazole rings is 1. The van der Waals surface area contributed by atoms with Crippen molar-refractivity contribution in [3.05, 3.63) is 69.5 Å². The maximum Gasteiger partial charge on any atom is 0.353 e. The third-order valence-corrected chi connectivity index (χ3v) is 7.83. The van der Waals surface area contributed by atoms with Gasteiger partial charge >= 0.3 is 5.97 Å². The standard InChI is InChI=1S/C28H30N6O3S/c1-2-3-4-5-10-23-24(27(36)37)34(28(38-23)29-26(35)20-15-16-20)17-18-11-13-19(14-12-18)21-8-6-7-9-22(21)25-30-32-33-31-25/h6-9,11-14,20H,2-5,10,15-17H2,1H3,(H,36,37)(H,30,31,32,33). The number of nitrogens with zero attached hydrogens (tertiary/aromatic N) is 5. The van der Waals surface area contributed by atoms with E-state index in [9.17, 15) is 14.7 Å². The van der Waals surface area contributed by atoms with Crippen molar-refractivity contribution < 1.29 is 14.7 Å². The van der Waals surface area contributed by atoms with Crippen LogP contribution in [0.25, 0.3) is 22.5 Å². The lowest BCUT2D eigenvalue weighted by molar-refractivity contribution is -0.119. The number of H-pyrrole nitrogens is 1. The van der Waals surface area contributed by atoms with E-state index in [0.717, 1.165) is 65.7 Å². The van der Waals surface area contributed by atoms with Gasteiger partial charge in [0.1, 0.15) is 5.69 Å². The van der Waals surface area contributed by atoms with Crippen molar-refractivity contribution in [1.82, 2.24) is 25.2 Å². The van der Waals surface area contributed by atoms with E-state index in [0.29, 0.717) is 23.6 Å². The molecule has 0 atom stereocenters. The maximum atomic E-state index is 12.6. The van der Waals surface area contributed by atoms with Gasteiger partial charge in [0.25, 0.3) is 5.91 Å². The van der Waals surface area contributed by atoms with Crippen LogP contribution in [0.4, 0.5) is 0 Å². The van der Waals surface area contributed by atoms with Crippen molar-refractivity contribution in [2.24, 2.45) is 10.9 Å². The molecular weight excluding hydrogens is 500 g/mol. The predicted molar refractivity (Wildman–Crippen MR) is 145 cm³/mol. The largest absolute Gasteiger partial charge is 0.477 e. The second-order valence-corrected chi connectivity index (χ2v) is 10.6. The number of carboxylic acid groups (broad SMARTS) is 1. The van der Waals surface area contributed by atoms with Crippen molar-refractivity contribution in [3.63, 3.8) is 0 Å². The van der Waals surface area contributed by atoms with Crippen molar-refractivity contribution >= 4 is 23.2 Å². The molecule has 0 aliphatic heterocycles. The summed E-state index contributed by atoms with van der Waals surface area (Å²) >= 11 is 1.34. The fraction of sp³-hybridized carbons (Fsp3) is 0.357. The minimum Gasteiger partial charge on any atom is -0.477 e. The van der Waals surface area contributed by atoms with E-state index in [4.69, 9.17) is 0 Å². The monoisotopic (exact) mass is 530 g/mol. The number of aryl methyl sites for hydroxylation is 1. The van der Waals surface area contributed by atoms with Crippen molar-refractivity contribution in [2.75, 3.05) is 0 Å². The Morgan fingerprint density at radius 2 is 1.84 bits per heavy atom. The topological polar surface area (TPSA) is 126 Å². The van der Waals surface area contributed by atoms with Crippen molar-refractivity contribution in [1.29, 1.82) is 0 Å². The van der Waals surface area contributed by atoms with Gasteiger partial charge in [0.05, 0.1) is 6.54 Å². The maximum absolute atomic E-state index is 12.6. The molecule has 10 heteroatoms. The summed E-state index contributed by atoms with van der Waals surface area (Å²) in [6, 6.07) is 15.8. The summed E-state index contributed by atoms with van der Waals surface area (Å²) in [6.07, 6.45) is 6.58. The average molecular weight is 531 g/mol. The number of hydrogen-bond acceptors (Lipinski definition) is 6. The summed E-state index contributed by atoms with van der Waals surface area (Å²) in [5, 5.41) is 24.5. The fourth-order valence-corrected chi connectivity index (χ4v) is 5.66. The number of rotatable bonds is 11. The molecule has 2 heterocycles. The number of benzene rings is 2. The number of nitrogens with one attached hydrogen (secondary N) is 1. The number of aromatic nitrogens is 5. The van der Waals surface area contributed by atoms with Crippen molar-refractivity contribution in [3.8, 4) is 22.5 Å². The summed E-state index contributed by atoms with van der Waals surface area (Å²) in [7, 11) is 0. The second kappa shape index (κ2) is 11.6. The van der Waals surface area contributed by atoms with Crippen LogP contribution in [0.15, 0.2) is 53.5 Å². The van der Waals surface area contributed by atoms with Gasteiger partial charge in [-0.1, -0.05) is 74.7 Å². The number of tetrazole rings is 1. The zero-order valence-electron chi connectivity index (χ0n) is 21.3. The Hall–Kier alpha value is -3.92. The Balaban J connectivity index is 1.47. The Labute approximate surface area is 224 Å². The highest BCUT2D eigenvalue weighted by molar-refractivity contribution is 7.09. The number of amides is 1. The highest BCUT2D eigenvalue weighted by atomic mass is 32.1. The Morgan fingerprint density at radius 1 is 1.08 bits per heavy atom. The molecule has 0 radical (unpaired) electrons. The van der Waals surface area contributed by atoms with Gasteiger partial charge in [0, 0.05) is 16.4 Å². The number of carbonyl (C=O) groups excluding carboxylic acids is 1. The molecule has 0 spiro atoms. The van der Waals surface area contributed by atoms with E-state index in [1.54, 1.807) is 4.57 Å². The first-order chi connectivity index (χ1) is 18.5. The molecule has 2 aromatic heterocycles. The van der Waals surface area contributed by atoms with Crippen LogP contribution in [0.3, 0.4) is 0 Å². The number of aromatic amines is 1. The third kappa shape index (κ3) is 5.80. The predicted octanol–water partition coefficient (Wildman–Crippen LogP) is 5.10. The SMILES string of the molecule is CCCCCCc1sc(=NC(=O)C2CC2)n(Cc2ccc(-c3ccccc3-c3nn[nH]n3)cc2)c1C(=O)O. The molecule has 1 saturated carbocycles. The Morgan fingerprint density at radius 3 is 2.50 bits per heavy atom. The quantitative estimate of drug-likeness (QED) is 0.260. The second-order valence-electron chi connectivity index (χ2n) is 9.56. The molecule has 1 amide bonds. The van der Waals surface area contributed by atoms with Crippen LogP contribution < -0.4 is 4.80 Å². The Kier molecular flexibility index (Phi) is 7.88. The normalized spacial score (nSPS) is 13.7. The molecule has 5 rings (SSSR count). The van der Waals surface area contributed by atoms with Gasteiger partial charge in [-0.05, 0) is 47.6 Å². The highest BCUT2D eigenvalue weighted by Gasteiger charge is 2.30. The summed E-state index contributed by atoms with van der Waals surface area (Å²) in [4.78, 5) is 30.6. The first-order valence-corrected chi connectivity index (χ1v) is 13.8. The first-order valence-electron chi connectivity index (χ1n) is 13.0. The molecule has 196 valence electrons. The number of carbonyl (C=O) groups is 2. The highest BCUT2D eigenvalue weighted by Crippen LogP contribution is 2.31. The molecule has 0 unspecified atom stereocenters. The van der Waals surface area contributed by atoms with Crippen LogP contribution >= 0.6 is 11.3 Å². The zero-order valence-corrected chi connectivity index (χ0v) is 22.1. The number of carboxylic acids is 1. The van der Waals surface area contributed by atoms with Gasteiger partial charge in [-0.25, -0.2) is 4.79 Å². The van der Waals surface area contributed by atoms with Gasteiger partial charge in [0.15, 0.2) is 4.80 Å². The minimum atomic E-state index is -0.988. The zero-order chi connectivity index (χ0) is 26.5. The van der Waals surface area contributed by atoms with Crippen LogP contribution in [0.1, 0.15) is 66.4 Å². The number of hydrogen-bond donors (Lipinski definition) is 2. The van der Waals surface area contributed by atoms with E-state index >= 15 is 0 Å². The van der Waals surface area contributed by atoms with Crippen LogP contribution in [0, 0.1) is 5.92 Å². The first kappa shape index (κ1) is 25.7. The van der Waals surface area contributed by atoms with E-state index in [2.05, 4.69) is 32.5 Å². The van der Waals surface area contributed by atoms with Crippen molar-refractivity contribution in [2.45, 2.75) is 58.4 Å². The van der Waals surface area contributed by atoms with Crippen LogP contribution in [-0.4, -0.2) is 42.2 Å². The molecule has 0 saturated heterocycles. The van der Waals surface area contributed by atoms with E-state index in [-0.39, 0.29) is 17.5 Å². The van der Waals surface area contributed by atoms with E-state index < -0.39 is 5.97 Å². The van der Waals surface area contributed by atoms with Crippen LogP contribution in [0.2, 0.25) is 0 Å². The number of aromatic carboxylic acids is 1. The third-order valence-electron chi connectivity index (χ3n) is 6.69. The lowest BCUT2D eigenvalue weighted by atomic mass is 9.98. The molecule has 1 aliphatic rings. The van der Waals surface area contributed by atoms with Crippen LogP contribution in [-0.2, 0) is 17.8 Å². The Bertz CT molecular complexity index is 1480. The van der Waals surface area contributed by atoms with Gasteiger partial charge in [-0.15, -0.1) is 21.5 Å². The lowest BCUT2D eigenvalue weighted by Gasteiger charge is -2.10. The number of unbranched alkanes of at least 4 members (excludes halogenated alkanes) is 3. The van der Waals surface area contributed by atoms with Crippen LogP contribution in [0.5, 0.6) is 0 Å². The summed E-state index contributed by atoms with van der Waals surface area (Å²) < 4.78 is 1.70. The molecule has 2 N–H and O–H groups in total. The molecular formula is C28H30N6O3S. The minimum absolute atomic E-state index is 0.0228. The van der Waals surface area contributed by atoms with Gasteiger partial charge < -0.3 is 9.67 Å². The molecule has 0 bridgehead atoms. The van der Waals surface area contributed by atoms with E-state index in [1.165, 1.54) is 11.3 Å². The molecule has 9 nitrogen and oxygen atoms in total. The smallest absolute Gasteiger partial charge is 0.353 e. The lowest BCUT2D eigenvalue weighted by Crippen LogP contribution is -2.22. The summed E-state index contributed by atoms with van der Waals surface area (Å²) in [6.45, 7) is 2.47. The molecule has 38 heavy (non-hydrogen) atoms. The van der Waals surface area contributed by atoms with Gasteiger partial charge in [-0.2, -0.15) is 10.2 Å². The fourth-order valence-electron chi connectivity index (χ4n) is 4.50. The molecule has 1 aliphatic carbocycles. The average Bonchev–Trinajstić information content (AvgIpc) is 3.53. The van der Waals surface area contributed by atoms with Gasteiger partial charge in [0.2, 0.25) is 5.82 Å². The summed E-state index contributed by atoms with van der Waals surface area (Å²) in [5.41, 5.74) is 3.97. The molecule has 1 fully saturated rings. The summed E-state index contributed by atoms with van der Waals surface area (Å²) in [5.74, 6) is -0.645. The van der Waals surface area contributed by atoms with Gasteiger partial charge in [-0.3, -0.25) is 4.79 Å².